The highest BCUT2D eigenvalue weighted by Gasteiger charge is 2.22. The fourth-order valence-corrected chi connectivity index (χ4v) is 2.13. The molecule has 0 spiro atoms. The first-order valence-electron chi connectivity index (χ1n) is 6.78. The molecule has 0 saturated carbocycles. The molecule has 3 rings (SSSR count). The number of hydrogen-bond acceptors (Lipinski definition) is 2. The SMILES string of the molecule is O=C(c1ccccc1)C(Oc1ccccc1)n1cccc1. The standard InChI is InChI=1S/C18H15NO2/c20-17(15-9-3-1-4-10-15)18(19-13-7-8-14-19)21-16-11-5-2-6-12-16/h1-14,18H. The van der Waals surface area contributed by atoms with Crippen LogP contribution in [-0.4, -0.2) is 10.4 Å². The van der Waals surface area contributed by atoms with E-state index in [4.69, 9.17) is 4.74 Å². The molecule has 0 bridgehead atoms. The summed E-state index contributed by atoms with van der Waals surface area (Å²) in [7, 11) is 0. The lowest BCUT2D eigenvalue weighted by molar-refractivity contribution is 0.0655. The molecule has 1 aromatic heterocycles. The van der Waals surface area contributed by atoms with E-state index in [0.29, 0.717) is 11.3 Å². The third-order valence-corrected chi connectivity index (χ3v) is 3.17. The highest BCUT2D eigenvalue weighted by atomic mass is 16.5. The second-order valence-electron chi connectivity index (χ2n) is 4.64. The van der Waals surface area contributed by atoms with Crippen molar-refractivity contribution in [3.63, 3.8) is 0 Å². The Balaban J connectivity index is 1.92. The highest BCUT2D eigenvalue weighted by Crippen LogP contribution is 2.21. The summed E-state index contributed by atoms with van der Waals surface area (Å²) in [6, 6.07) is 22.3. The zero-order valence-corrected chi connectivity index (χ0v) is 11.4. The van der Waals surface area contributed by atoms with Gasteiger partial charge in [-0.15, -0.1) is 0 Å². The van der Waals surface area contributed by atoms with Gasteiger partial charge in [-0.05, 0) is 24.3 Å². The largest absolute Gasteiger partial charge is 0.462 e. The van der Waals surface area contributed by atoms with Crippen molar-refractivity contribution in [1.29, 1.82) is 0 Å². The van der Waals surface area contributed by atoms with Crippen molar-refractivity contribution in [3.8, 4) is 5.75 Å². The molecule has 0 fully saturated rings. The molecule has 0 aliphatic heterocycles. The Morgan fingerprint density at radius 3 is 2.00 bits per heavy atom. The van der Waals surface area contributed by atoms with E-state index >= 15 is 0 Å². The average molecular weight is 277 g/mol. The van der Waals surface area contributed by atoms with Gasteiger partial charge >= 0.3 is 0 Å². The molecule has 3 aromatic rings. The van der Waals surface area contributed by atoms with Crippen LogP contribution >= 0.6 is 0 Å². The Kier molecular flexibility index (Phi) is 3.83. The smallest absolute Gasteiger partial charge is 0.239 e. The minimum Gasteiger partial charge on any atom is -0.462 e. The first-order valence-corrected chi connectivity index (χ1v) is 6.78. The summed E-state index contributed by atoms with van der Waals surface area (Å²) >= 11 is 0. The van der Waals surface area contributed by atoms with Crippen LogP contribution in [0, 0.1) is 0 Å². The molecule has 104 valence electrons. The topological polar surface area (TPSA) is 31.2 Å². The van der Waals surface area contributed by atoms with Gasteiger partial charge in [0.1, 0.15) is 5.75 Å². The van der Waals surface area contributed by atoms with E-state index < -0.39 is 6.23 Å². The van der Waals surface area contributed by atoms with Gasteiger partial charge in [0.15, 0.2) is 0 Å². The average Bonchev–Trinajstić information content (AvgIpc) is 3.08. The number of ketones is 1. The minimum absolute atomic E-state index is 0.0735. The van der Waals surface area contributed by atoms with E-state index in [2.05, 4.69) is 0 Å². The zero-order valence-electron chi connectivity index (χ0n) is 11.4. The number of para-hydroxylation sites is 1. The van der Waals surface area contributed by atoms with Crippen LogP contribution in [-0.2, 0) is 0 Å². The fraction of sp³-hybridized carbons (Fsp3) is 0.0556. The van der Waals surface area contributed by atoms with Crippen molar-refractivity contribution in [3.05, 3.63) is 90.8 Å². The van der Waals surface area contributed by atoms with E-state index in [1.165, 1.54) is 0 Å². The molecular weight excluding hydrogens is 262 g/mol. The minimum atomic E-state index is -0.704. The Morgan fingerprint density at radius 2 is 1.38 bits per heavy atom. The second-order valence-corrected chi connectivity index (χ2v) is 4.64. The molecule has 0 saturated heterocycles. The number of nitrogens with zero attached hydrogens (tertiary/aromatic N) is 1. The Labute approximate surface area is 123 Å². The first kappa shape index (κ1) is 13.2. The molecule has 0 amide bonds. The summed E-state index contributed by atoms with van der Waals surface area (Å²) in [6.45, 7) is 0. The molecule has 1 atom stereocenters. The van der Waals surface area contributed by atoms with E-state index in [0.717, 1.165) is 0 Å². The third kappa shape index (κ3) is 3.03. The molecule has 3 heteroatoms. The molecule has 1 unspecified atom stereocenters. The first-order chi connectivity index (χ1) is 10.3. The maximum absolute atomic E-state index is 12.7. The Morgan fingerprint density at radius 1 is 0.810 bits per heavy atom. The molecule has 21 heavy (non-hydrogen) atoms. The van der Waals surface area contributed by atoms with Crippen LogP contribution in [0.25, 0.3) is 0 Å². The van der Waals surface area contributed by atoms with Gasteiger partial charge < -0.3 is 9.30 Å². The molecular formula is C18H15NO2. The number of benzene rings is 2. The molecule has 0 N–H and O–H groups in total. The molecule has 0 aliphatic rings. The van der Waals surface area contributed by atoms with Gasteiger partial charge in [-0.3, -0.25) is 4.79 Å². The van der Waals surface area contributed by atoms with Crippen LogP contribution in [0.4, 0.5) is 0 Å². The normalized spacial score (nSPS) is 11.8. The summed E-state index contributed by atoms with van der Waals surface area (Å²) < 4.78 is 7.65. The van der Waals surface area contributed by atoms with Crippen LogP contribution in [0.1, 0.15) is 16.6 Å². The number of carbonyl (C=O) groups excluding carboxylic acids is 1. The van der Waals surface area contributed by atoms with E-state index in [9.17, 15) is 4.79 Å². The third-order valence-electron chi connectivity index (χ3n) is 3.17. The zero-order chi connectivity index (χ0) is 14.5. The number of aromatic nitrogens is 1. The van der Waals surface area contributed by atoms with E-state index in [-0.39, 0.29) is 5.78 Å². The number of hydrogen-bond donors (Lipinski definition) is 0. The highest BCUT2D eigenvalue weighted by molar-refractivity contribution is 5.98. The predicted molar refractivity (Wildman–Crippen MR) is 81.3 cm³/mol. The van der Waals surface area contributed by atoms with Gasteiger partial charge in [0.25, 0.3) is 0 Å². The van der Waals surface area contributed by atoms with Crippen molar-refractivity contribution < 1.29 is 9.53 Å². The number of rotatable bonds is 5. The van der Waals surface area contributed by atoms with Crippen molar-refractivity contribution in [1.82, 2.24) is 4.57 Å². The number of Topliss-reactive ketones (excluding diaryl/α,β-unsaturated/α-hetero) is 1. The summed E-state index contributed by atoms with van der Waals surface area (Å²) in [5.41, 5.74) is 0.632. The van der Waals surface area contributed by atoms with Crippen LogP contribution in [0.3, 0.4) is 0 Å². The molecule has 0 aliphatic carbocycles. The van der Waals surface area contributed by atoms with E-state index in [1.54, 1.807) is 16.7 Å². The quantitative estimate of drug-likeness (QED) is 0.661. The summed E-state index contributed by atoms with van der Waals surface area (Å²) in [6.07, 6.45) is 2.95. The lowest BCUT2D eigenvalue weighted by Crippen LogP contribution is -2.24. The van der Waals surface area contributed by atoms with Gasteiger partial charge in [0.05, 0.1) is 0 Å². The second kappa shape index (κ2) is 6.09. The Hall–Kier alpha value is -2.81. The van der Waals surface area contributed by atoms with Crippen LogP contribution in [0.5, 0.6) is 5.75 Å². The Bertz CT molecular complexity index is 691. The number of carbonyl (C=O) groups is 1. The summed E-state index contributed by atoms with van der Waals surface area (Å²) in [4.78, 5) is 12.7. The molecule has 3 nitrogen and oxygen atoms in total. The van der Waals surface area contributed by atoms with Gasteiger partial charge in [0.2, 0.25) is 12.0 Å². The van der Waals surface area contributed by atoms with Crippen molar-refractivity contribution in [2.75, 3.05) is 0 Å². The van der Waals surface area contributed by atoms with Gasteiger partial charge in [-0.1, -0.05) is 48.5 Å². The van der Waals surface area contributed by atoms with Gasteiger partial charge in [-0.2, -0.15) is 0 Å². The van der Waals surface area contributed by atoms with Gasteiger partial charge in [0, 0.05) is 18.0 Å². The fourth-order valence-electron chi connectivity index (χ4n) is 2.13. The van der Waals surface area contributed by atoms with Crippen LogP contribution in [0.15, 0.2) is 85.2 Å². The lowest BCUT2D eigenvalue weighted by atomic mass is 10.1. The van der Waals surface area contributed by atoms with E-state index in [1.807, 2.05) is 73.1 Å². The maximum Gasteiger partial charge on any atom is 0.239 e. The molecule has 1 heterocycles. The van der Waals surface area contributed by atoms with Crippen LogP contribution in [0.2, 0.25) is 0 Å². The monoisotopic (exact) mass is 277 g/mol. The molecule has 2 aromatic carbocycles. The van der Waals surface area contributed by atoms with Crippen LogP contribution < -0.4 is 4.74 Å². The van der Waals surface area contributed by atoms with Crippen molar-refractivity contribution in [2.24, 2.45) is 0 Å². The number of ether oxygens (including phenoxy) is 1. The summed E-state index contributed by atoms with van der Waals surface area (Å²) in [5, 5.41) is 0. The molecule has 0 radical (unpaired) electrons. The van der Waals surface area contributed by atoms with Gasteiger partial charge in [-0.25, -0.2) is 0 Å². The maximum atomic E-state index is 12.7. The predicted octanol–water partition coefficient (Wildman–Crippen LogP) is 3.95. The van der Waals surface area contributed by atoms with Crippen molar-refractivity contribution in [2.45, 2.75) is 6.23 Å². The van der Waals surface area contributed by atoms with Crippen molar-refractivity contribution >= 4 is 5.78 Å². The lowest BCUT2D eigenvalue weighted by Gasteiger charge is -2.19. The summed E-state index contributed by atoms with van der Waals surface area (Å²) in [5.74, 6) is 0.594.